The third kappa shape index (κ3) is 4.87. The number of imide groups is 1. The van der Waals surface area contributed by atoms with E-state index >= 15 is 0 Å². The highest BCUT2D eigenvalue weighted by Crippen LogP contribution is 2.38. The van der Waals surface area contributed by atoms with Crippen molar-refractivity contribution in [2.24, 2.45) is 5.92 Å². The van der Waals surface area contributed by atoms with Gasteiger partial charge in [-0.2, -0.15) is 0 Å². The maximum Gasteiger partial charge on any atom is 0.417 e. The first kappa shape index (κ1) is 20.5. The lowest BCUT2D eigenvalue weighted by Crippen LogP contribution is -2.40. The Kier molecular flexibility index (Phi) is 6.25. The minimum absolute atomic E-state index is 0.00224. The molecule has 1 aliphatic heterocycles. The van der Waals surface area contributed by atoms with Crippen LogP contribution in [0.2, 0.25) is 0 Å². The zero-order chi connectivity index (χ0) is 20.2. The molecule has 146 valence electrons. The van der Waals surface area contributed by atoms with Crippen molar-refractivity contribution in [2.45, 2.75) is 38.8 Å². The molecule has 0 aliphatic carbocycles. The van der Waals surface area contributed by atoms with Crippen molar-refractivity contribution >= 4 is 18.0 Å². The van der Waals surface area contributed by atoms with E-state index in [2.05, 4.69) is 6.58 Å². The summed E-state index contributed by atoms with van der Waals surface area (Å²) >= 11 is 0. The predicted octanol–water partition coefficient (Wildman–Crippen LogP) is 3.25. The normalized spacial score (nSPS) is 19.6. The highest BCUT2D eigenvalue weighted by molar-refractivity contribution is 6.06. The van der Waals surface area contributed by atoms with Gasteiger partial charge in [0.15, 0.2) is 0 Å². The second-order valence-corrected chi connectivity index (χ2v) is 7.18. The Bertz CT molecular complexity index is 719. The van der Waals surface area contributed by atoms with Gasteiger partial charge < -0.3 is 14.2 Å². The van der Waals surface area contributed by atoms with Gasteiger partial charge in [0, 0.05) is 0 Å². The number of esters is 1. The van der Waals surface area contributed by atoms with Crippen LogP contribution in [0.3, 0.4) is 0 Å². The van der Waals surface area contributed by atoms with Gasteiger partial charge >= 0.3 is 12.1 Å². The molecule has 1 aromatic rings. The van der Waals surface area contributed by atoms with Crippen molar-refractivity contribution in [3.63, 3.8) is 0 Å². The molecule has 7 nitrogen and oxygen atoms in total. The topological polar surface area (TPSA) is 82.1 Å². The number of hydrogen-bond acceptors (Lipinski definition) is 6. The van der Waals surface area contributed by atoms with E-state index in [1.807, 2.05) is 0 Å². The lowest BCUT2D eigenvalue weighted by molar-refractivity contribution is -0.151. The van der Waals surface area contributed by atoms with E-state index in [0.29, 0.717) is 11.3 Å². The predicted molar refractivity (Wildman–Crippen MR) is 98.1 cm³/mol. The molecule has 2 amide bonds. The Morgan fingerprint density at radius 1 is 1.26 bits per heavy atom. The van der Waals surface area contributed by atoms with Crippen molar-refractivity contribution in [3.05, 3.63) is 42.5 Å². The van der Waals surface area contributed by atoms with E-state index in [1.165, 1.54) is 6.08 Å². The van der Waals surface area contributed by atoms with Gasteiger partial charge in [0.2, 0.25) is 5.91 Å². The quantitative estimate of drug-likeness (QED) is 0.446. The van der Waals surface area contributed by atoms with E-state index in [-0.39, 0.29) is 13.0 Å². The van der Waals surface area contributed by atoms with E-state index < -0.39 is 35.5 Å². The van der Waals surface area contributed by atoms with Crippen molar-refractivity contribution in [1.29, 1.82) is 0 Å². The molecule has 0 saturated carbocycles. The standard InChI is InChI=1S/C20H25NO6/c1-6-11-26-18(23)15-12-16(13-7-9-14(25-5)10-8-13)21(17(15)22)19(24)27-20(2,3)4/h6-10,15-16H,1,11-12H2,2-5H3/t15?,16-/m1/s1. The number of carbonyl (C=O) groups is 3. The monoisotopic (exact) mass is 375 g/mol. The Labute approximate surface area is 158 Å². The number of benzene rings is 1. The Morgan fingerprint density at radius 3 is 2.41 bits per heavy atom. The summed E-state index contributed by atoms with van der Waals surface area (Å²) in [6, 6.07) is 6.35. The smallest absolute Gasteiger partial charge is 0.417 e. The van der Waals surface area contributed by atoms with Gasteiger partial charge in [0.1, 0.15) is 23.9 Å². The van der Waals surface area contributed by atoms with Crippen molar-refractivity contribution in [2.75, 3.05) is 13.7 Å². The minimum Gasteiger partial charge on any atom is -0.497 e. The second kappa shape index (κ2) is 8.24. The Balaban J connectivity index is 2.33. The molecule has 7 heteroatoms. The molecule has 0 N–H and O–H groups in total. The molecule has 1 fully saturated rings. The zero-order valence-corrected chi connectivity index (χ0v) is 16.1. The summed E-state index contributed by atoms with van der Waals surface area (Å²) in [5.41, 5.74) is -0.0717. The molecule has 1 aromatic carbocycles. The van der Waals surface area contributed by atoms with Crippen LogP contribution in [0.25, 0.3) is 0 Å². The number of hydrogen-bond donors (Lipinski definition) is 0. The molecule has 1 unspecified atom stereocenters. The third-order valence-electron chi connectivity index (χ3n) is 4.02. The summed E-state index contributed by atoms with van der Waals surface area (Å²) in [4.78, 5) is 38.7. The summed E-state index contributed by atoms with van der Waals surface area (Å²) in [5, 5.41) is 0. The fourth-order valence-corrected chi connectivity index (χ4v) is 2.83. The number of carbonyl (C=O) groups excluding carboxylic acids is 3. The summed E-state index contributed by atoms with van der Waals surface area (Å²) in [5.74, 6) is -1.72. The first-order chi connectivity index (χ1) is 12.7. The Morgan fingerprint density at radius 2 is 1.89 bits per heavy atom. The molecule has 1 saturated heterocycles. The molecule has 0 aromatic heterocycles. The highest BCUT2D eigenvalue weighted by Gasteiger charge is 2.49. The Hall–Kier alpha value is -2.83. The van der Waals surface area contributed by atoms with Crippen LogP contribution >= 0.6 is 0 Å². The largest absolute Gasteiger partial charge is 0.497 e. The number of methoxy groups -OCH3 is 1. The van der Waals surface area contributed by atoms with Gasteiger partial charge in [-0.3, -0.25) is 9.59 Å². The third-order valence-corrected chi connectivity index (χ3v) is 4.02. The van der Waals surface area contributed by atoms with Crippen LogP contribution in [0.4, 0.5) is 4.79 Å². The molecule has 1 heterocycles. The second-order valence-electron chi connectivity index (χ2n) is 7.18. The fourth-order valence-electron chi connectivity index (χ4n) is 2.83. The zero-order valence-electron chi connectivity index (χ0n) is 16.1. The highest BCUT2D eigenvalue weighted by atomic mass is 16.6. The van der Waals surface area contributed by atoms with Crippen molar-refractivity contribution in [3.8, 4) is 5.75 Å². The number of nitrogens with zero attached hydrogens (tertiary/aromatic N) is 1. The van der Waals surface area contributed by atoms with E-state index in [4.69, 9.17) is 14.2 Å². The van der Waals surface area contributed by atoms with Gasteiger partial charge in [-0.25, -0.2) is 9.69 Å². The van der Waals surface area contributed by atoms with E-state index in [9.17, 15) is 14.4 Å². The number of rotatable bonds is 5. The minimum atomic E-state index is -1.07. The van der Waals surface area contributed by atoms with Crippen LogP contribution in [-0.4, -0.2) is 42.2 Å². The first-order valence-corrected chi connectivity index (χ1v) is 8.65. The molecule has 0 bridgehead atoms. The lowest BCUT2D eigenvalue weighted by atomic mass is 9.99. The van der Waals surface area contributed by atoms with E-state index in [1.54, 1.807) is 52.1 Å². The van der Waals surface area contributed by atoms with Gasteiger partial charge in [0.25, 0.3) is 0 Å². The van der Waals surface area contributed by atoms with Gasteiger partial charge in [-0.05, 0) is 44.9 Å². The number of likely N-dealkylation sites (tertiary alicyclic amines) is 1. The van der Waals surface area contributed by atoms with Crippen molar-refractivity contribution < 1.29 is 28.6 Å². The van der Waals surface area contributed by atoms with Crippen molar-refractivity contribution in [1.82, 2.24) is 4.90 Å². The van der Waals surface area contributed by atoms with Crippen LogP contribution in [0, 0.1) is 5.92 Å². The number of ether oxygens (including phenoxy) is 3. The van der Waals surface area contributed by atoms with Gasteiger partial charge in [0.05, 0.1) is 13.2 Å². The van der Waals surface area contributed by atoms with Crippen LogP contribution in [0.1, 0.15) is 38.8 Å². The van der Waals surface area contributed by atoms with E-state index in [0.717, 1.165) is 4.90 Å². The molecule has 2 rings (SSSR count). The molecular formula is C20H25NO6. The van der Waals surface area contributed by atoms with Gasteiger partial charge in [-0.15, -0.1) is 0 Å². The van der Waals surface area contributed by atoms with Gasteiger partial charge in [-0.1, -0.05) is 24.8 Å². The maximum atomic E-state index is 12.8. The fraction of sp³-hybridized carbons (Fsp3) is 0.450. The molecule has 0 radical (unpaired) electrons. The first-order valence-electron chi connectivity index (χ1n) is 8.65. The molecule has 1 aliphatic rings. The molecular weight excluding hydrogens is 350 g/mol. The summed E-state index contributed by atoms with van der Waals surface area (Å²) < 4.78 is 15.5. The number of amides is 2. The molecule has 27 heavy (non-hydrogen) atoms. The van der Waals surface area contributed by atoms with Crippen LogP contribution in [0.15, 0.2) is 36.9 Å². The average molecular weight is 375 g/mol. The summed E-state index contributed by atoms with van der Waals surface area (Å²) in [7, 11) is 1.55. The van der Waals surface area contributed by atoms with Crippen LogP contribution in [0.5, 0.6) is 5.75 Å². The average Bonchev–Trinajstić information content (AvgIpc) is 2.95. The van der Waals surface area contributed by atoms with Crippen LogP contribution < -0.4 is 4.74 Å². The molecule has 0 spiro atoms. The SMILES string of the molecule is C=CCOC(=O)C1C[C@H](c2ccc(OC)cc2)N(C(=O)OC(C)(C)C)C1=O. The summed E-state index contributed by atoms with van der Waals surface area (Å²) in [6.45, 7) is 8.62. The summed E-state index contributed by atoms with van der Waals surface area (Å²) in [6.07, 6.45) is 0.761. The lowest BCUT2D eigenvalue weighted by Gasteiger charge is -2.27. The molecule has 2 atom stereocenters. The van der Waals surface area contributed by atoms with Crippen LogP contribution in [-0.2, 0) is 19.1 Å². The maximum absolute atomic E-state index is 12.8.